The van der Waals surface area contributed by atoms with Crippen LogP contribution in [-0.4, -0.2) is 29.8 Å². The Labute approximate surface area is 174 Å². The van der Waals surface area contributed by atoms with Crippen molar-refractivity contribution in [3.63, 3.8) is 0 Å². The third-order valence-corrected chi connectivity index (χ3v) is 6.24. The standard InChI is InChI=1S/C21H25ClN4O3/c22-18-17(6-5-16-19(18)24-25-26(16)12-13-3-4-13)29-21-15(2-1-9-23-21)20(27)14-7-10-28-11-8-14/h1-2,5-6,9,13-14,20,24-25,27H,3-4,7-8,10-12H2. The molecule has 2 aromatic rings. The molecular formula is C21H25ClN4O3. The molecule has 1 saturated carbocycles. The first-order chi connectivity index (χ1) is 14.2. The van der Waals surface area contributed by atoms with E-state index in [9.17, 15) is 5.11 Å². The van der Waals surface area contributed by atoms with Gasteiger partial charge in [0.2, 0.25) is 5.88 Å². The first-order valence-corrected chi connectivity index (χ1v) is 10.6. The summed E-state index contributed by atoms with van der Waals surface area (Å²) in [6, 6.07) is 7.52. The van der Waals surface area contributed by atoms with E-state index in [0.29, 0.717) is 35.4 Å². The maximum atomic E-state index is 10.9. The lowest BCUT2D eigenvalue weighted by Crippen LogP contribution is -2.37. The zero-order valence-electron chi connectivity index (χ0n) is 16.1. The largest absolute Gasteiger partial charge is 0.437 e. The van der Waals surface area contributed by atoms with Crippen molar-refractivity contribution in [3.8, 4) is 11.6 Å². The Morgan fingerprint density at radius 2 is 2.07 bits per heavy atom. The van der Waals surface area contributed by atoms with Crippen molar-refractivity contribution in [2.24, 2.45) is 11.8 Å². The average molecular weight is 417 g/mol. The van der Waals surface area contributed by atoms with E-state index in [2.05, 4.69) is 21.0 Å². The molecule has 1 aliphatic carbocycles. The SMILES string of the molecule is OC(c1cccnc1Oc1ccc2c(c1Cl)NNN2CC1CC1)C1CCOCC1. The van der Waals surface area contributed by atoms with E-state index in [0.717, 1.165) is 36.7 Å². The summed E-state index contributed by atoms with van der Waals surface area (Å²) in [5, 5.41) is 13.5. The summed E-state index contributed by atoms with van der Waals surface area (Å²) in [6.45, 7) is 2.30. The number of anilines is 2. The number of aromatic nitrogens is 1. The molecule has 3 N–H and O–H groups in total. The number of aliphatic hydroxyl groups excluding tert-OH is 1. The minimum absolute atomic E-state index is 0.132. The van der Waals surface area contributed by atoms with Gasteiger partial charge in [-0.1, -0.05) is 11.6 Å². The van der Waals surface area contributed by atoms with Gasteiger partial charge in [-0.2, -0.15) is 0 Å². The zero-order valence-corrected chi connectivity index (χ0v) is 16.9. The predicted molar refractivity (Wildman–Crippen MR) is 111 cm³/mol. The molecule has 0 radical (unpaired) electrons. The monoisotopic (exact) mass is 416 g/mol. The van der Waals surface area contributed by atoms with Gasteiger partial charge in [-0.05, 0) is 61.8 Å². The maximum absolute atomic E-state index is 10.9. The Hall–Kier alpha value is -2.06. The van der Waals surface area contributed by atoms with E-state index in [1.807, 2.05) is 24.3 Å². The lowest BCUT2D eigenvalue weighted by Gasteiger charge is -2.27. The lowest BCUT2D eigenvalue weighted by molar-refractivity contribution is 0.00632. The summed E-state index contributed by atoms with van der Waals surface area (Å²) in [7, 11) is 0. The highest BCUT2D eigenvalue weighted by atomic mass is 35.5. The topological polar surface area (TPSA) is 78.9 Å². The number of hydrogen-bond acceptors (Lipinski definition) is 7. The number of benzene rings is 1. The molecule has 1 aromatic carbocycles. The zero-order chi connectivity index (χ0) is 19.8. The van der Waals surface area contributed by atoms with Gasteiger partial charge in [0.25, 0.3) is 0 Å². The van der Waals surface area contributed by atoms with Crippen LogP contribution < -0.4 is 20.7 Å². The molecule has 7 nitrogen and oxygen atoms in total. The van der Waals surface area contributed by atoms with Crippen LogP contribution in [0.25, 0.3) is 0 Å². The van der Waals surface area contributed by atoms with Crippen molar-refractivity contribution < 1.29 is 14.6 Å². The van der Waals surface area contributed by atoms with Crippen molar-refractivity contribution >= 4 is 23.0 Å². The summed E-state index contributed by atoms with van der Waals surface area (Å²) in [4.78, 5) is 4.37. The van der Waals surface area contributed by atoms with Crippen LogP contribution in [0.1, 0.15) is 37.4 Å². The second-order valence-corrected chi connectivity index (χ2v) is 8.34. The molecule has 1 unspecified atom stereocenters. The van der Waals surface area contributed by atoms with Gasteiger partial charge < -0.3 is 20.0 Å². The molecular weight excluding hydrogens is 392 g/mol. The third-order valence-electron chi connectivity index (χ3n) is 5.87. The number of hydrogen-bond donors (Lipinski definition) is 3. The van der Waals surface area contributed by atoms with Crippen molar-refractivity contribution in [2.75, 3.05) is 30.2 Å². The number of aliphatic hydroxyl groups is 1. The Bertz CT molecular complexity index is 886. The van der Waals surface area contributed by atoms with Crippen molar-refractivity contribution in [3.05, 3.63) is 41.0 Å². The number of nitrogens with one attached hydrogen (secondary N) is 2. The fourth-order valence-corrected chi connectivity index (χ4v) is 4.20. The first kappa shape index (κ1) is 18.9. The summed E-state index contributed by atoms with van der Waals surface area (Å²) in [6.07, 6.45) is 5.21. The van der Waals surface area contributed by atoms with E-state index in [-0.39, 0.29) is 5.92 Å². The number of ether oxygens (including phenoxy) is 2. The van der Waals surface area contributed by atoms with E-state index in [1.165, 1.54) is 12.8 Å². The second kappa shape index (κ2) is 7.99. The van der Waals surface area contributed by atoms with Gasteiger partial charge >= 0.3 is 0 Å². The molecule has 0 spiro atoms. The number of fused-ring (bicyclic) bond motifs is 1. The van der Waals surface area contributed by atoms with Crippen molar-refractivity contribution in [2.45, 2.75) is 31.8 Å². The van der Waals surface area contributed by atoms with E-state index in [4.69, 9.17) is 21.1 Å². The van der Waals surface area contributed by atoms with Gasteiger partial charge in [-0.25, -0.2) is 4.98 Å². The summed E-state index contributed by atoms with van der Waals surface area (Å²) in [5.41, 5.74) is 8.81. The number of nitrogens with zero attached hydrogens (tertiary/aromatic N) is 2. The quantitative estimate of drug-likeness (QED) is 0.655. The Morgan fingerprint density at radius 3 is 2.86 bits per heavy atom. The predicted octanol–water partition coefficient (Wildman–Crippen LogP) is 4.05. The molecule has 1 saturated heterocycles. The minimum atomic E-state index is -0.648. The van der Waals surface area contributed by atoms with E-state index in [1.54, 1.807) is 6.20 Å². The van der Waals surface area contributed by atoms with Crippen LogP contribution in [0.5, 0.6) is 11.6 Å². The molecule has 8 heteroatoms. The van der Waals surface area contributed by atoms with Crippen LogP contribution in [0.3, 0.4) is 0 Å². The number of pyridine rings is 1. The highest BCUT2D eigenvalue weighted by molar-refractivity contribution is 6.35. The summed E-state index contributed by atoms with van der Waals surface area (Å²) < 4.78 is 11.5. The molecule has 2 fully saturated rings. The molecule has 1 aromatic heterocycles. The summed E-state index contributed by atoms with van der Waals surface area (Å²) >= 11 is 6.64. The molecule has 3 aliphatic rings. The molecule has 5 rings (SSSR count). The summed E-state index contributed by atoms with van der Waals surface area (Å²) in [5.74, 6) is 1.77. The molecule has 0 amide bonds. The van der Waals surface area contributed by atoms with Gasteiger partial charge in [-0.15, -0.1) is 5.53 Å². The number of hydrazine groups is 2. The minimum Gasteiger partial charge on any atom is -0.437 e. The van der Waals surface area contributed by atoms with Crippen LogP contribution >= 0.6 is 11.6 Å². The molecule has 0 bridgehead atoms. The van der Waals surface area contributed by atoms with Crippen molar-refractivity contribution in [1.82, 2.24) is 10.5 Å². The Morgan fingerprint density at radius 1 is 1.24 bits per heavy atom. The average Bonchev–Trinajstić information content (AvgIpc) is 3.49. The third kappa shape index (κ3) is 3.88. The fraction of sp³-hybridized carbons (Fsp3) is 0.476. The van der Waals surface area contributed by atoms with Gasteiger partial charge in [0.15, 0.2) is 0 Å². The molecule has 29 heavy (non-hydrogen) atoms. The van der Waals surface area contributed by atoms with Gasteiger partial charge in [0.1, 0.15) is 10.8 Å². The van der Waals surface area contributed by atoms with Crippen LogP contribution in [0.4, 0.5) is 11.4 Å². The van der Waals surface area contributed by atoms with Gasteiger partial charge in [0, 0.05) is 31.5 Å². The highest BCUT2D eigenvalue weighted by Gasteiger charge is 2.31. The Kier molecular flexibility index (Phi) is 5.22. The van der Waals surface area contributed by atoms with Crippen LogP contribution in [0.2, 0.25) is 5.02 Å². The van der Waals surface area contributed by atoms with E-state index < -0.39 is 6.10 Å². The van der Waals surface area contributed by atoms with Crippen LogP contribution in [0.15, 0.2) is 30.5 Å². The smallest absolute Gasteiger partial charge is 0.225 e. The highest BCUT2D eigenvalue weighted by Crippen LogP contribution is 2.45. The molecule has 2 aliphatic heterocycles. The van der Waals surface area contributed by atoms with Crippen molar-refractivity contribution in [1.29, 1.82) is 0 Å². The normalized spacial score (nSPS) is 20.3. The maximum Gasteiger partial charge on any atom is 0.225 e. The van der Waals surface area contributed by atoms with Gasteiger partial charge in [0.05, 0.1) is 17.5 Å². The fourth-order valence-electron chi connectivity index (χ4n) is 3.96. The molecule has 1 atom stereocenters. The molecule has 154 valence electrons. The number of rotatable bonds is 6. The number of halogens is 1. The first-order valence-electron chi connectivity index (χ1n) is 10.2. The molecule has 3 heterocycles. The van der Waals surface area contributed by atoms with Crippen LogP contribution in [0, 0.1) is 11.8 Å². The van der Waals surface area contributed by atoms with Gasteiger partial charge in [-0.3, -0.25) is 5.01 Å². The van der Waals surface area contributed by atoms with Crippen LogP contribution in [-0.2, 0) is 4.74 Å². The lowest BCUT2D eigenvalue weighted by atomic mass is 9.90. The Balaban J connectivity index is 1.38. The second-order valence-electron chi connectivity index (χ2n) is 7.96. The van der Waals surface area contributed by atoms with E-state index >= 15 is 0 Å².